The lowest BCUT2D eigenvalue weighted by molar-refractivity contribution is 0.295. The smallest absolute Gasteiger partial charge is 0.000687 e. The molecule has 2 aliphatic rings. The molecule has 3 atom stereocenters. The normalized spacial score (nSPS) is 30.6. The van der Waals surface area contributed by atoms with Gasteiger partial charge in [-0.25, -0.2) is 0 Å². The van der Waals surface area contributed by atoms with E-state index in [4.69, 9.17) is 0 Å². The largest absolute Gasteiger partial charge is 0.316 e. The molecule has 0 heterocycles. The standard InChI is InChI=1S/C15H28N2/c1-3-17(4-2)9-5-8-16-12-15-11-13-6-7-14(15)10-13/h6-7,13-16H,3-5,8-12H2,1-2H3. The van der Waals surface area contributed by atoms with Crippen LogP contribution in [0.5, 0.6) is 0 Å². The highest BCUT2D eigenvalue weighted by atomic mass is 15.1. The molecule has 0 amide bonds. The molecule has 0 aromatic carbocycles. The summed E-state index contributed by atoms with van der Waals surface area (Å²) in [7, 11) is 0. The van der Waals surface area contributed by atoms with Gasteiger partial charge in [0.05, 0.1) is 0 Å². The Kier molecular flexibility index (Phi) is 5.05. The van der Waals surface area contributed by atoms with Crippen molar-refractivity contribution in [2.75, 3.05) is 32.7 Å². The summed E-state index contributed by atoms with van der Waals surface area (Å²) < 4.78 is 0. The minimum Gasteiger partial charge on any atom is -0.316 e. The molecule has 0 aliphatic heterocycles. The molecule has 0 saturated heterocycles. The molecule has 0 aromatic rings. The van der Waals surface area contributed by atoms with Gasteiger partial charge in [0.2, 0.25) is 0 Å². The molecule has 98 valence electrons. The van der Waals surface area contributed by atoms with Crippen LogP contribution in [0.4, 0.5) is 0 Å². The number of nitrogens with zero attached hydrogens (tertiary/aromatic N) is 1. The molecule has 2 nitrogen and oxygen atoms in total. The van der Waals surface area contributed by atoms with Gasteiger partial charge in [0.25, 0.3) is 0 Å². The molecule has 17 heavy (non-hydrogen) atoms. The Bertz CT molecular complexity index is 245. The third kappa shape index (κ3) is 3.56. The van der Waals surface area contributed by atoms with Crippen molar-refractivity contribution in [1.29, 1.82) is 0 Å². The lowest BCUT2D eigenvalue weighted by Crippen LogP contribution is -2.30. The molecule has 2 bridgehead atoms. The number of nitrogens with one attached hydrogen (secondary N) is 1. The third-order valence-corrected chi connectivity index (χ3v) is 4.55. The third-order valence-electron chi connectivity index (χ3n) is 4.55. The molecular weight excluding hydrogens is 208 g/mol. The maximum absolute atomic E-state index is 3.66. The first-order chi connectivity index (χ1) is 8.33. The van der Waals surface area contributed by atoms with Gasteiger partial charge in [-0.05, 0) is 69.7 Å². The highest BCUT2D eigenvalue weighted by molar-refractivity contribution is 5.10. The second-order valence-electron chi connectivity index (χ2n) is 5.62. The zero-order valence-corrected chi connectivity index (χ0v) is 11.5. The molecule has 1 fully saturated rings. The predicted octanol–water partition coefficient (Wildman–Crippen LogP) is 2.52. The lowest BCUT2D eigenvalue weighted by Gasteiger charge is -2.20. The maximum Gasteiger partial charge on any atom is -0.000687 e. The van der Waals surface area contributed by atoms with Gasteiger partial charge in [-0.15, -0.1) is 0 Å². The fourth-order valence-corrected chi connectivity index (χ4v) is 3.38. The van der Waals surface area contributed by atoms with Gasteiger partial charge in [-0.1, -0.05) is 26.0 Å². The monoisotopic (exact) mass is 236 g/mol. The Labute approximate surface area is 106 Å². The summed E-state index contributed by atoms with van der Waals surface area (Å²) in [6.07, 6.45) is 9.05. The maximum atomic E-state index is 3.66. The van der Waals surface area contributed by atoms with E-state index in [1.807, 2.05) is 0 Å². The van der Waals surface area contributed by atoms with Crippen molar-refractivity contribution in [1.82, 2.24) is 10.2 Å². The van der Waals surface area contributed by atoms with Crippen LogP contribution >= 0.6 is 0 Å². The van der Waals surface area contributed by atoms with E-state index in [9.17, 15) is 0 Å². The first-order valence-electron chi connectivity index (χ1n) is 7.44. The minimum atomic E-state index is 0.898. The predicted molar refractivity (Wildman–Crippen MR) is 74.1 cm³/mol. The van der Waals surface area contributed by atoms with Crippen molar-refractivity contribution in [3.05, 3.63) is 12.2 Å². The topological polar surface area (TPSA) is 15.3 Å². The van der Waals surface area contributed by atoms with Crippen LogP contribution in [0.1, 0.15) is 33.1 Å². The van der Waals surface area contributed by atoms with Crippen LogP contribution in [0.15, 0.2) is 12.2 Å². The van der Waals surface area contributed by atoms with Crippen molar-refractivity contribution in [2.24, 2.45) is 17.8 Å². The molecule has 0 spiro atoms. The average molecular weight is 236 g/mol. The van der Waals surface area contributed by atoms with Crippen LogP contribution in [-0.4, -0.2) is 37.6 Å². The van der Waals surface area contributed by atoms with Crippen LogP contribution in [0.2, 0.25) is 0 Å². The fourth-order valence-electron chi connectivity index (χ4n) is 3.38. The highest BCUT2D eigenvalue weighted by Crippen LogP contribution is 2.42. The second-order valence-corrected chi connectivity index (χ2v) is 5.62. The molecule has 2 rings (SSSR count). The molecule has 0 aromatic heterocycles. The number of rotatable bonds is 8. The van der Waals surface area contributed by atoms with Crippen LogP contribution in [0, 0.1) is 17.8 Å². The quantitative estimate of drug-likeness (QED) is 0.514. The SMILES string of the molecule is CCN(CC)CCCNCC1CC2C=CC1C2. The molecule has 1 saturated carbocycles. The van der Waals surface area contributed by atoms with Gasteiger partial charge < -0.3 is 10.2 Å². The van der Waals surface area contributed by atoms with E-state index in [1.54, 1.807) is 0 Å². The van der Waals surface area contributed by atoms with E-state index in [-0.39, 0.29) is 0 Å². The minimum absolute atomic E-state index is 0.898. The summed E-state index contributed by atoms with van der Waals surface area (Å²) in [5.41, 5.74) is 0. The summed E-state index contributed by atoms with van der Waals surface area (Å²) in [5.74, 6) is 2.75. The van der Waals surface area contributed by atoms with Crippen molar-refractivity contribution in [3.8, 4) is 0 Å². The van der Waals surface area contributed by atoms with E-state index in [1.165, 1.54) is 52.0 Å². The van der Waals surface area contributed by atoms with E-state index in [0.29, 0.717) is 0 Å². The summed E-state index contributed by atoms with van der Waals surface area (Å²) >= 11 is 0. The lowest BCUT2D eigenvalue weighted by atomic mass is 9.94. The number of hydrogen-bond acceptors (Lipinski definition) is 2. The Balaban J connectivity index is 1.51. The van der Waals surface area contributed by atoms with Gasteiger partial charge >= 0.3 is 0 Å². The highest BCUT2D eigenvalue weighted by Gasteiger charge is 2.34. The summed E-state index contributed by atoms with van der Waals surface area (Å²) in [6.45, 7) is 10.5. The van der Waals surface area contributed by atoms with Gasteiger partial charge in [0.15, 0.2) is 0 Å². The van der Waals surface area contributed by atoms with E-state index in [2.05, 4.69) is 36.2 Å². The van der Waals surface area contributed by atoms with E-state index in [0.717, 1.165) is 17.8 Å². The zero-order valence-electron chi connectivity index (χ0n) is 11.5. The van der Waals surface area contributed by atoms with Crippen LogP contribution < -0.4 is 5.32 Å². The van der Waals surface area contributed by atoms with Crippen LogP contribution in [0.3, 0.4) is 0 Å². The van der Waals surface area contributed by atoms with Crippen molar-refractivity contribution in [3.63, 3.8) is 0 Å². The fraction of sp³-hybridized carbons (Fsp3) is 0.867. The molecule has 1 N–H and O–H groups in total. The Morgan fingerprint density at radius 3 is 2.59 bits per heavy atom. The molecule has 2 heteroatoms. The van der Waals surface area contributed by atoms with Crippen molar-refractivity contribution in [2.45, 2.75) is 33.1 Å². The second kappa shape index (κ2) is 6.55. The van der Waals surface area contributed by atoms with E-state index >= 15 is 0 Å². The first-order valence-corrected chi connectivity index (χ1v) is 7.44. The number of fused-ring (bicyclic) bond motifs is 2. The Morgan fingerprint density at radius 2 is 2.00 bits per heavy atom. The van der Waals surface area contributed by atoms with Gasteiger partial charge in [-0.2, -0.15) is 0 Å². The first kappa shape index (κ1) is 13.1. The summed E-state index contributed by atoms with van der Waals surface area (Å²) in [5, 5.41) is 3.66. The zero-order chi connectivity index (χ0) is 12.1. The summed E-state index contributed by atoms with van der Waals surface area (Å²) in [6, 6.07) is 0. The van der Waals surface area contributed by atoms with Gasteiger partial charge in [0, 0.05) is 0 Å². The van der Waals surface area contributed by atoms with Gasteiger partial charge in [0.1, 0.15) is 0 Å². The molecule has 2 aliphatic carbocycles. The summed E-state index contributed by atoms with van der Waals surface area (Å²) in [4.78, 5) is 2.50. The Hall–Kier alpha value is -0.340. The van der Waals surface area contributed by atoms with Crippen LogP contribution in [0.25, 0.3) is 0 Å². The van der Waals surface area contributed by atoms with Gasteiger partial charge in [-0.3, -0.25) is 0 Å². The Morgan fingerprint density at radius 1 is 1.18 bits per heavy atom. The van der Waals surface area contributed by atoms with Crippen molar-refractivity contribution < 1.29 is 0 Å². The molecular formula is C15H28N2. The van der Waals surface area contributed by atoms with E-state index < -0.39 is 0 Å². The van der Waals surface area contributed by atoms with Crippen LogP contribution in [-0.2, 0) is 0 Å². The number of allylic oxidation sites excluding steroid dienone is 2. The van der Waals surface area contributed by atoms with Crippen molar-refractivity contribution >= 4 is 0 Å². The molecule has 0 radical (unpaired) electrons. The average Bonchev–Trinajstić information content (AvgIpc) is 2.96. The molecule has 3 unspecified atom stereocenters. The number of hydrogen-bond donors (Lipinski definition) is 1.